The predicted octanol–water partition coefficient (Wildman–Crippen LogP) is 4.03. The number of benzene rings is 1. The van der Waals surface area contributed by atoms with E-state index in [0.717, 1.165) is 5.02 Å². The van der Waals surface area contributed by atoms with Crippen LogP contribution >= 0.6 is 11.6 Å². The summed E-state index contributed by atoms with van der Waals surface area (Å²) in [5, 5.41) is 0.939. The lowest BCUT2D eigenvalue weighted by Gasteiger charge is -2.21. The summed E-state index contributed by atoms with van der Waals surface area (Å²) in [7, 11) is 0. The molecule has 13 heavy (non-hydrogen) atoms. The highest BCUT2D eigenvalue weighted by molar-refractivity contribution is 6.31. The topological polar surface area (TPSA) is 0 Å². The van der Waals surface area contributed by atoms with E-state index in [-0.39, 0.29) is 0 Å². The first-order valence-corrected chi connectivity index (χ1v) is 5.29. The van der Waals surface area contributed by atoms with E-state index in [1.165, 1.54) is 18.4 Å². The van der Waals surface area contributed by atoms with E-state index < -0.39 is 0 Å². The molecular weight excluding hydrogens is 180 g/mol. The van der Waals surface area contributed by atoms with Gasteiger partial charge in [-0.15, -0.1) is 0 Å². The van der Waals surface area contributed by atoms with Crippen LogP contribution in [0.25, 0.3) is 0 Å². The first-order valence-electron chi connectivity index (χ1n) is 4.92. The molecule has 2 rings (SSSR count). The lowest BCUT2D eigenvalue weighted by molar-refractivity contribution is 0.481. The Kier molecular flexibility index (Phi) is 2.11. The Morgan fingerprint density at radius 2 is 1.85 bits per heavy atom. The van der Waals surface area contributed by atoms with Gasteiger partial charge in [0.25, 0.3) is 0 Å². The van der Waals surface area contributed by atoms with E-state index in [1.807, 2.05) is 12.1 Å². The summed E-state index contributed by atoms with van der Waals surface area (Å²) in [5.41, 5.74) is 1.75. The van der Waals surface area contributed by atoms with Gasteiger partial charge in [0.1, 0.15) is 0 Å². The van der Waals surface area contributed by atoms with Crippen LogP contribution in [0.3, 0.4) is 0 Å². The monoisotopic (exact) mass is 194 g/mol. The van der Waals surface area contributed by atoms with Crippen LogP contribution in [0.4, 0.5) is 0 Å². The molecule has 0 radical (unpaired) electrons. The maximum absolute atomic E-state index is 6.19. The highest BCUT2D eigenvalue weighted by Gasteiger charge is 2.47. The first-order chi connectivity index (χ1) is 6.17. The van der Waals surface area contributed by atoms with Crippen LogP contribution in [0.1, 0.15) is 32.3 Å². The van der Waals surface area contributed by atoms with Gasteiger partial charge in [-0.05, 0) is 35.8 Å². The van der Waals surface area contributed by atoms with Crippen LogP contribution in [0.2, 0.25) is 5.02 Å². The quantitative estimate of drug-likeness (QED) is 0.667. The van der Waals surface area contributed by atoms with Gasteiger partial charge >= 0.3 is 0 Å². The molecule has 1 heteroatoms. The van der Waals surface area contributed by atoms with Crippen molar-refractivity contribution in [2.24, 2.45) is 5.92 Å². The van der Waals surface area contributed by atoms with Crippen LogP contribution in [0, 0.1) is 5.92 Å². The molecule has 70 valence electrons. The molecule has 0 aliphatic heterocycles. The second-order valence-corrected chi connectivity index (χ2v) is 4.70. The van der Waals surface area contributed by atoms with Crippen molar-refractivity contribution in [1.82, 2.24) is 0 Å². The van der Waals surface area contributed by atoms with Gasteiger partial charge in [0, 0.05) is 5.02 Å². The van der Waals surface area contributed by atoms with Gasteiger partial charge in [-0.1, -0.05) is 43.6 Å². The van der Waals surface area contributed by atoms with Crippen LogP contribution in [0.5, 0.6) is 0 Å². The highest BCUT2D eigenvalue weighted by atomic mass is 35.5. The summed E-state index contributed by atoms with van der Waals surface area (Å²) < 4.78 is 0. The summed E-state index contributed by atoms with van der Waals surface area (Å²) in [6, 6.07) is 8.26. The van der Waals surface area contributed by atoms with E-state index >= 15 is 0 Å². The molecule has 0 nitrogen and oxygen atoms in total. The lowest BCUT2D eigenvalue weighted by atomic mass is 9.85. The van der Waals surface area contributed by atoms with Gasteiger partial charge in [-0.25, -0.2) is 0 Å². The average Bonchev–Trinajstić information content (AvgIpc) is 2.85. The second-order valence-electron chi connectivity index (χ2n) is 4.29. The van der Waals surface area contributed by atoms with E-state index in [9.17, 15) is 0 Å². The van der Waals surface area contributed by atoms with Gasteiger partial charge < -0.3 is 0 Å². The summed E-state index contributed by atoms with van der Waals surface area (Å²) in [5.74, 6) is 0.701. The number of rotatable bonds is 2. The fourth-order valence-corrected chi connectivity index (χ4v) is 2.48. The Bertz CT molecular complexity index is 311. The molecule has 0 atom stereocenters. The van der Waals surface area contributed by atoms with Gasteiger partial charge in [-0.2, -0.15) is 0 Å². The molecule has 0 saturated heterocycles. The van der Waals surface area contributed by atoms with Crippen LogP contribution in [0.15, 0.2) is 24.3 Å². The zero-order valence-corrected chi connectivity index (χ0v) is 8.93. The molecule has 1 aliphatic rings. The van der Waals surface area contributed by atoms with Crippen molar-refractivity contribution in [2.45, 2.75) is 32.1 Å². The molecule has 1 aromatic rings. The second kappa shape index (κ2) is 3.02. The van der Waals surface area contributed by atoms with E-state index in [0.29, 0.717) is 11.3 Å². The van der Waals surface area contributed by atoms with Crippen LogP contribution in [-0.2, 0) is 5.41 Å². The molecule has 1 aromatic carbocycles. The third kappa shape index (κ3) is 1.38. The third-order valence-corrected chi connectivity index (χ3v) is 3.63. The molecule has 0 amide bonds. The van der Waals surface area contributed by atoms with E-state index in [1.54, 1.807) is 0 Å². The Morgan fingerprint density at radius 3 is 2.31 bits per heavy atom. The maximum atomic E-state index is 6.19. The largest absolute Gasteiger partial charge is 0.0840 e. The van der Waals surface area contributed by atoms with Gasteiger partial charge in [0.05, 0.1) is 0 Å². The standard InChI is InChI=1S/C12H15Cl/c1-9(2)12(7-8-12)10-5-3-4-6-11(10)13/h3-6,9H,7-8H2,1-2H3. The molecule has 1 aliphatic carbocycles. The molecular formula is C12H15Cl. The van der Waals surface area contributed by atoms with Crippen molar-refractivity contribution in [3.63, 3.8) is 0 Å². The van der Waals surface area contributed by atoms with Crippen molar-refractivity contribution in [3.05, 3.63) is 34.9 Å². The van der Waals surface area contributed by atoms with Gasteiger partial charge in [0.15, 0.2) is 0 Å². The third-order valence-electron chi connectivity index (χ3n) is 3.30. The zero-order valence-electron chi connectivity index (χ0n) is 8.18. The molecule has 1 fully saturated rings. The maximum Gasteiger partial charge on any atom is 0.0443 e. The van der Waals surface area contributed by atoms with Crippen molar-refractivity contribution < 1.29 is 0 Å². The number of hydrogen-bond acceptors (Lipinski definition) is 0. The minimum Gasteiger partial charge on any atom is -0.0840 e. The lowest BCUT2D eigenvalue weighted by Crippen LogP contribution is -2.14. The Balaban J connectivity index is 2.41. The fourth-order valence-electron chi connectivity index (χ4n) is 2.16. The first kappa shape index (κ1) is 9.08. The molecule has 0 N–H and O–H groups in total. The number of hydrogen-bond donors (Lipinski definition) is 0. The summed E-state index contributed by atoms with van der Waals surface area (Å²) in [4.78, 5) is 0. The molecule has 1 saturated carbocycles. The zero-order chi connectivity index (χ0) is 9.47. The highest BCUT2D eigenvalue weighted by Crippen LogP contribution is 2.55. The van der Waals surface area contributed by atoms with Crippen molar-refractivity contribution in [3.8, 4) is 0 Å². The van der Waals surface area contributed by atoms with Crippen molar-refractivity contribution in [1.29, 1.82) is 0 Å². The van der Waals surface area contributed by atoms with Crippen molar-refractivity contribution in [2.75, 3.05) is 0 Å². The Morgan fingerprint density at radius 1 is 1.23 bits per heavy atom. The Hall–Kier alpha value is -0.490. The molecule has 0 spiro atoms. The summed E-state index contributed by atoms with van der Waals surface area (Å²) in [6.07, 6.45) is 2.60. The molecule has 0 bridgehead atoms. The molecule has 0 heterocycles. The minimum atomic E-state index is 0.401. The summed E-state index contributed by atoms with van der Waals surface area (Å²) in [6.45, 7) is 4.58. The summed E-state index contributed by atoms with van der Waals surface area (Å²) >= 11 is 6.19. The number of halogens is 1. The van der Waals surface area contributed by atoms with Crippen molar-refractivity contribution >= 4 is 11.6 Å². The van der Waals surface area contributed by atoms with Crippen LogP contribution in [-0.4, -0.2) is 0 Å². The smallest absolute Gasteiger partial charge is 0.0443 e. The van der Waals surface area contributed by atoms with Gasteiger partial charge in [0.2, 0.25) is 0 Å². The molecule has 0 aromatic heterocycles. The minimum absolute atomic E-state index is 0.401. The average molecular weight is 195 g/mol. The van der Waals surface area contributed by atoms with Crippen LogP contribution < -0.4 is 0 Å². The SMILES string of the molecule is CC(C)C1(c2ccccc2Cl)CC1. The normalized spacial score (nSPS) is 19.1. The predicted molar refractivity (Wildman–Crippen MR) is 57.2 cm³/mol. The van der Waals surface area contributed by atoms with E-state index in [4.69, 9.17) is 11.6 Å². The fraction of sp³-hybridized carbons (Fsp3) is 0.500. The van der Waals surface area contributed by atoms with E-state index in [2.05, 4.69) is 26.0 Å². The van der Waals surface area contributed by atoms with Gasteiger partial charge in [-0.3, -0.25) is 0 Å². The molecule has 0 unspecified atom stereocenters. The Labute approximate surface area is 84.9 Å².